The molecule has 12 amide bonds. The lowest BCUT2D eigenvalue weighted by molar-refractivity contribution is -0.147. The number of nitrogens with two attached hydrogens (primary N) is 6. The van der Waals surface area contributed by atoms with E-state index in [0.717, 1.165) is 0 Å². The van der Waals surface area contributed by atoms with E-state index >= 15 is 0 Å². The first-order chi connectivity index (χ1) is 47.8. The molecule has 30 N–H and O–H groups in total. The van der Waals surface area contributed by atoms with Gasteiger partial charge in [-0.3, -0.25) is 67.1 Å². The van der Waals surface area contributed by atoms with Crippen LogP contribution in [0.5, 0.6) is 0 Å². The van der Waals surface area contributed by atoms with Gasteiger partial charge in [-0.15, -0.1) is 0 Å². The number of aromatic amines is 1. The topological polar surface area (TPSA) is 686 Å². The highest BCUT2D eigenvalue weighted by Gasteiger charge is 2.38. The van der Waals surface area contributed by atoms with Crippen LogP contribution < -0.4 is 98.2 Å². The molecule has 1 aromatic heterocycles. The summed E-state index contributed by atoms with van der Waals surface area (Å²) in [4.78, 5) is 207. The van der Waals surface area contributed by atoms with E-state index in [9.17, 15) is 92.3 Å². The second-order valence-electron chi connectivity index (χ2n) is 24.5. The van der Waals surface area contributed by atoms with Crippen LogP contribution in [-0.4, -0.2) is 249 Å². The number of carbonyl (C=O) groups excluding carboxylic acids is 12. The molecule has 40 heteroatoms. The highest BCUT2D eigenvalue weighted by atomic mass is 16.4. The van der Waals surface area contributed by atoms with Crippen LogP contribution in [0.2, 0.25) is 0 Å². The van der Waals surface area contributed by atoms with Crippen LogP contribution in [-0.2, 0) is 78.3 Å². The highest BCUT2D eigenvalue weighted by Crippen LogP contribution is 2.12. The van der Waals surface area contributed by atoms with Gasteiger partial charge >= 0.3 is 17.9 Å². The Morgan fingerprint density at radius 2 is 0.683 bits per heavy atom. The van der Waals surface area contributed by atoms with Gasteiger partial charge in [0.15, 0.2) is 0 Å². The van der Waals surface area contributed by atoms with Crippen molar-refractivity contribution in [2.75, 3.05) is 45.9 Å². The molecule has 0 saturated heterocycles. The van der Waals surface area contributed by atoms with Crippen LogP contribution >= 0.6 is 0 Å². The molecule has 0 bridgehead atoms. The number of aliphatic hydroxyl groups excluding tert-OH is 2. The van der Waals surface area contributed by atoms with Crippen molar-refractivity contribution in [3.05, 3.63) is 18.2 Å². The number of nitrogens with zero attached hydrogens (tertiary/aromatic N) is 1. The molecule has 1 aromatic rings. The molecule has 572 valence electrons. The summed E-state index contributed by atoms with van der Waals surface area (Å²) in [6.07, 6.45) is 3.70. The number of carboxylic acid groups (broad SMARTS) is 3. The zero-order chi connectivity index (χ0) is 76.3. The Labute approximate surface area is 584 Å². The summed E-state index contributed by atoms with van der Waals surface area (Å²) in [6.45, 7) is 4.68. The van der Waals surface area contributed by atoms with Gasteiger partial charge in [0.2, 0.25) is 70.9 Å². The van der Waals surface area contributed by atoms with Gasteiger partial charge in [0.1, 0.15) is 72.5 Å². The lowest BCUT2D eigenvalue weighted by atomic mass is 10.0. The third-order valence-corrected chi connectivity index (χ3v) is 15.6. The Morgan fingerprint density at radius 3 is 1.05 bits per heavy atom. The number of hydrogen-bond acceptors (Lipinski definition) is 24. The van der Waals surface area contributed by atoms with E-state index < -0.39 is 199 Å². The first kappa shape index (κ1) is 90.0. The van der Waals surface area contributed by atoms with E-state index in [1.54, 1.807) is 0 Å². The van der Waals surface area contributed by atoms with Crippen LogP contribution in [0.4, 0.5) is 0 Å². The number of carbonyl (C=O) groups is 15. The summed E-state index contributed by atoms with van der Waals surface area (Å²) in [7, 11) is 0. The first-order valence-corrected chi connectivity index (χ1v) is 33.6. The zero-order valence-corrected chi connectivity index (χ0v) is 57.7. The van der Waals surface area contributed by atoms with Crippen molar-refractivity contribution in [1.29, 1.82) is 0 Å². The molecular formula is C61H108N20O20. The molecule has 0 aliphatic rings. The van der Waals surface area contributed by atoms with Crippen molar-refractivity contribution in [2.45, 2.75) is 222 Å². The predicted molar refractivity (Wildman–Crippen MR) is 360 cm³/mol. The lowest BCUT2D eigenvalue weighted by Gasteiger charge is -2.28. The first-order valence-electron chi connectivity index (χ1n) is 33.6. The van der Waals surface area contributed by atoms with Crippen LogP contribution in [0.3, 0.4) is 0 Å². The van der Waals surface area contributed by atoms with E-state index in [1.165, 1.54) is 40.2 Å². The van der Waals surface area contributed by atoms with Crippen LogP contribution in [0.1, 0.15) is 143 Å². The molecule has 40 nitrogen and oxygen atoms in total. The van der Waals surface area contributed by atoms with E-state index in [0.29, 0.717) is 51.5 Å². The van der Waals surface area contributed by atoms with Gasteiger partial charge < -0.3 is 129 Å². The molecule has 101 heavy (non-hydrogen) atoms. The fraction of sp³-hybridized carbons (Fsp3) is 0.705. The number of amides is 12. The minimum Gasteiger partial charge on any atom is -0.481 e. The molecular weight excluding hydrogens is 1330 g/mol. The minimum atomic E-state index is -1.97. The number of aliphatic carboxylic acids is 3. The molecule has 0 spiro atoms. The number of H-pyrrole nitrogens is 1. The fourth-order valence-corrected chi connectivity index (χ4v) is 9.70. The monoisotopic (exact) mass is 1440 g/mol. The van der Waals surface area contributed by atoms with E-state index in [1.807, 2.05) is 5.32 Å². The summed E-state index contributed by atoms with van der Waals surface area (Å²) in [6, 6.07) is -20.0. The fourth-order valence-electron chi connectivity index (χ4n) is 9.70. The molecule has 0 aliphatic carbocycles. The van der Waals surface area contributed by atoms with Crippen molar-refractivity contribution in [2.24, 2.45) is 40.3 Å². The Hall–Kier alpha value is -9.06. The van der Waals surface area contributed by atoms with Crippen molar-refractivity contribution in [3.8, 4) is 0 Å². The maximum Gasteiger partial charge on any atom is 0.326 e. The number of imidazole rings is 1. The predicted octanol–water partition coefficient (Wildman–Crippen LogP) is -8.54. The molecule has 0 aromatic carbocycles. The minimum absolute atomic E-state index is 0.0144. The standard InChI is InChI=1S/C61H108N20O20/c1-32(2)48(60(99)77-42(26-46(84)85)57(96)74-40(19-9-14-24-66)55(94)76-41(25-35-28-68-31-69-35)56(95)80-45(30-83)59(98)78-43(61(100)101)27-47(86)87)81-50(89)34(4)71-52(91)37(16-6-11-21-63)73-54(93)39(18-8-13-23-65)72-49(88)33(3)70-53(92)38(17-7-12-22-64)75-58(97)44(29-82)79-51(90)36(67)15-5-10-20-62/h28,31-34,36-45,48,82-83H,5-27,29-30,62-67H2,1-4H3,(H,68,69)(H,70,92)(H,71,91)(H,72,88)(H,73,93)(H,74,96)(H,75,97)(H,76,94)(H,77,99)(H,78,98)(H,79,90)(H,80,95)(H,81,89)(H,84,85)(H,86,87)(H,100,101)/t33-,34-,36-,37-,38-,39-,40-,41-,42-,43-,44-,45-,48-/m0/s1. The van der Waals surface area contributed by atoms with Gasteiger partial charge in [0, 0.05) is 18.3 Å². The van der Waals surface area contributed by atoms with Gasteiger partial charge in [-0.1, -0.05) is 20.3 Å². The summed E-state index contributed by atoms with van der Waals surface area (Å²) in [5, 5.41) is 77.3. The largest absolute Gasteiger partial charge is 0.481 e. The van der Waals surface area contributed by atoms with Crippen molar-refractivity contribution in [3.63, 3.8) is 0 Å². The molecule has 13 atom stereocenters. The molecule has 0 radical (unpaired) electrons. The highest BCUT2D eigenvalue weighted by molar-refractivity contribution is 6.00. The number of unbranched alkanes of at least 4 members (excludes halogenated alkanes) is 5. The molecule has 1 heterocycles. The summed E-state index contributed by atoms with van der Waals surface area (Å²) in [5.74, 6) is -17.7. The Morgan fingerprint density at radius 1 is 0.376 bits per heavy atom. The maximum absolute atomic E-state index is 14.2. The summed E-state index contributed by atoms with van der Waals surface area (Å²) >= 11 is 0. The van der Waals surface area contributed by atoms with Crippen molar-refractivity contribution < 1.29 is 97.5 Å². The normalized spacial score (nSPS) is 15.0. The number of nitrogens with one attached hydrogen (secondary N) is 13. The van der Waals surface area contributed by atoms with Crippen LogP contribution in [0, 0.1) is 5.92 Å². The average Bonchev–Trinajstić information content (AvgIpc) is 1.51. The SMILES string of the molecule is CC(C)[C@H](NC(=O)[C@H](C)NC(=O)[C@H](CCCCN)NC(=O)[C@H](CCCCN)NC(=O)[C@H](C)NC(=O)[C@H](CCCCN)NC(=O)[C@H](CO)NC(=O)[C@@H](N)CCCCN)C(=O)N[C@@H](CC(=O)O)C(=O)N[C@@H](CCCCN)C(=O)N[C@@H](Cc1cnc[nH]1)C(=O)N[C@@H](CO)C(=O)N[C@@H](CC(=O)O)C(=O)O. The second kappa shape index (κ2) is 49.5. The van der Waals surface area contributed by atoms with Crippen LogP contribution in [0.25, 0.3) is 0 Å². The quantitative estimate of drug-likeness (QED) is 0.0269. The summed E-state index contributed by atoms with van der Waals surface area (Å²) in [5.41, 5.74) is 34.6. The Balaban J connectivity index is 3.42. The number of carboxylic acids is 3. The van der Waals surface area contributed by atoms with E-state index in [4.69, 9.17) is 39.5 Å². The molecule has 0 fully saturated rings. The zero-order valence-electron chi connectivity index (χ0n) is 57.7. The number of aromatic nitrogens is 2. The number of rotatable bonds is 54. The average molecular weight is 1440 g/mol. The van der Waals surface area contributed by atoms with Gasteiger partial charge in [0.25, 0.3) is 0 Å². The van der Waals surface area contributed by atoms with Gasteiger partial charge in [-0.05, 0) is 142 Å². The lowest BCUT2D eigenvalue weighted by Crippen LogP contribution is -2.61. The summed E-state index contributed by atoms with van der Waals surface area (Å²) < 4.78 is 0. The van der Waals surface area contributed by atoms with Gasteiger partial charge in [0.05, 0.1) is 38.4 Å². The van der Waals surface area contributed by atoms with Gasteiger partial charge in [-0.25, -0.2) is 9.78 Å². The van der Waals surface area contributed by atoms with E-state index in [-0.39, 0.29) is 89.7 Å². The second-order valence-corrected chi connectivity index (χ2v) is 24.5. The third-order valence-electron chi connectivity index (χ3n) is 15.6. The van der Waals surface area contributed by atoms with Crippen molar-refractivity contribution >= 4 is 88.8 Å². The third kappa shape index (κ3) is 35.2. The van der Waals surface area contributed by atoms with Crippen LogP contribution in [0.15, 0.2) is 12.5 Å². The Kier molecular flexibility index (Phi) is 44.1. The smallest absolute Gasteiger partial charge is 0.326 e. The maximum atomic E-state index is 14.2. The molecule has 0 aliphatic heterocycles. The molecule has 0 unspecified atom stereocenters. The number of aliphatic hydroxyl groups is 2. The molecule has 0 saturated carbocycles. The number of hydrogen-bond donors (Lipinski definition) is 24. The van der Waals surface area contributed by atoms with Crippen molar-refractivity contribution in [1.82, 2.24) is 73.8 Å². The van der Waals surface area contributed by atoms with Gasteiger partial charge in [-0.2, -0.15) is 0 Å². The molecule has 1 rings (SSSR count). The van der Waals surface area contributed by atoms with E-state index in [2.05, 4.69) is 68.5 Å². The Bertz CT molecular complexity index is 2840.